The number of aliphatic hydroxyl groups is 1. The molecule has 3 unspecified atom stereocenters. The number of hydrogen-bond donors (Lipinski definition) is 4. The van der Waals surface area contributed by atoms with E-state index in [9.17, 15) is 4.79 Å². The largest absolute Gasteiger partial charge is 0.444 e. The van der Waals surface area contributed by atoms with Crippen molar-refractivity contribution in [1.82, 2.24) is 10.6 Å². The first kappa shape index (κ1) is 18.1. The zero-order chi connectivity index (χ0) is 15.1. The van der Waals surface area contributed by atoms with E-state index in [0.717, 1.165) is 0 Å². The van der Waals surface area contributed by atoms with Gasteiger partial charge in [0.05, 0.1) is 0 Å². The number of hydrogen-bond acceptors (Lipinski definition) is 5. The molecule has 0 rings (SSSR count). The van der Waals surface area contributed by atoms with Gasteiger partial charge in [-0.1, -0.05) is 6.92 Å². The summed E-state index contributed by atoms with van der Waals surface area (Å²) in [5.74, 6) is 0.135. The monoisotopic (exact) mass is 275 g/mol. The van der Waals surface area contributed by atoms with Crippen molar-refractivity contribution >= 4 is 6.09 Å². The third kappa shape index (κ3) is 8.80. The Balaban J connectivity index is 4.10. The minimum absolute atomic E-state index is 0.0449. The maximum absolute atomic E-state index is 11.5. The number of rotatable bonds is 7. The molecular weight excluding hydrogens is 246 g/mol. The van der Waals surface area contributed by atoms with Gasteiger partial charge < -0.3 is 26.2 Å². The van der Waals surface area contributed by atoms with E-state index in [1.54, 1.807) is 0 Å². The second kappa shape index (κ2) is 8.35. The van der Waals surface area contributed by atoms with Crippen molar-refractivity contribution in [2.45, 2.75) is 52.3 Å². The first-order valence-electron chi connectivity index (χ1n) is 6.73. The van der Waals surface area contributed by atoms with Crippen molar-refractivity contribution in [3.63, 3.8) is 0 Å². The van der Waals surface area contributed by atoms with Gasteiger partial charge in [0, 0.05) is 31.8 Å². The van der Waals surface area contributed by atoms with E-state index in [1.807, 2.05) is 34.6 Å². The van der Waals surface area contributed by atoms with Crippen molar-refractivity contribution < 1.29 is 14.6 Å². The summed E-state index contributed by atoms with van der Waals surface area (Å²) >= 11 is 0. The van der Waals surface area contributed by atoms with Crippen LogP contribution in [0.4, 0.5) is 4.79 Å². The quantitative estimate of drug-likeness (QED) is 0.541. The summed E-state index contributed by atoms with van der Waals surface area (Å²) in [7, 11) is 0. The molecule has 0 fully saturated rings. The molecular formula is C13H29N3O3. The average molecular weight is 275 g/mol. The first-order valence-corrected chi connectivity index (χ1v) is 6.73. The summed E-state index contributed by atoms with van der Waals surface area (Å²) in [5.41, 5.74) is 5.15. The topological polar surface area (TPSA) is 96.6 Å². The Kier molecular flexibility index (Phi) is 7.97. The molecule has 0 aliphatic heterocycles. The molecule has 0 saturated heterocycles. The highest BCUT2D eigenvalue weighted by Crippen LogP contribution is 2.06. The van der Waals surface area contributed by atoms with Gasteiger partial charge in [0.1, 0.15) is 5.60 Å². The van der Waals surface area contributed by atoms with Crippen molar-refractivity contribution in [2.24, 2.45) is 11.7 Å². The molecule has 6 nitrogen and oxygen atoms in total. The van der Waals surface area contributed by atoms with E-state index >= 15 is 0 Å². The molecule has 0 radical (unpaired) electrons. The molecule has 5 N–H and O–H groups in total. The summed E-state index contributed by atoms with van der Waals surface area (Å²) in [6.45, 7) is 10.3. The predicted molar refractivity (Wildman–Crippen MR) is 75.9 cm³/mol. The molecule has 19 heavy (non-hydrogen) atoms. The van der Waals surface area contributed by atoms with Gasteiger partial charge in [-0.3, -0.25) is 0 Å². The maximum Gasteiger partial charge on any atom is 0.407 e. The minimum atomic E-state index is -0.506. The van der Waals surface area contributed by atoms with Crippen molar-refractivity contribution in [3.8, 4) is 0 Å². The van der Waals surface area contributed by atoms with Gasteiger partial charge in [-0.2, -0.15) is 0 Å². The van der Waals surface area contributed by atoms with Gasteiger partial charge in [-0.15, -0.1) is 0 Å². The Morgan fingerprint density at radius 1 is 1.37 bits per heavy atom. The Morgan fingerprint density at radius 2 is 1.95 bits per heavy atom. The normalized spacial score (nSPS) is 16.6. The van der Waals surface area contributed by atoms with E-state index in [1.165, 1.54) is 0 Å². The fourth-order valence-corrected chi connectivity index (χ4v) is 1.43. The van der Waals surface area contributed by atoms with Crippen molar-refractivity contribution in [3.05, 3.63) is 0 Å². The molecule has 0 spiro atoms. The molecule has 0 heterocycles. The highest BCUT2D eigenvalue weighted by atomic mass is 16.6. The molecule has 0 bridgehead atoms. The molecule has 0 aromatic carbocycles. The SMILES string of the molecule is CC(CO)C(C)NC(CN)CNC(=O)OC(C)(C)C. The lowest BCUT2D eigenvalue weighted by atomic mass is 10.0. The molecule has 3 atom stereocenters. The molecule has 0 aromatic rings. The van der Waals surface area contributed by atoms with Crippen LogP contribution in [0.3, 0.4) is 0 Å². The molecule has 0 aliphatic rings. The zero-order valence-corrected chi connectivity index (χ0v) is 12.7. The number of carbonyl (C=O) groups excluding carboxylic acids is 1. The Morgan fingerprint density at radius 3 is 2.37 bits per heavy atom. The standard InChI is InChI=1S/C13H29N3O3/c1-9(8-17)10(2)16-11(6-14)7-15-12(18)19-13(3,4)5/h9-11,16-17H,6-8,14H2,1-5H3,(H,15,18). The van der Waals surface area contributed by atoms with Crippen LogP contribution < -0.4 is 16.4 Å². The number of nitrogens with two attached hydrogens (primary N) is 1. The lowest BCUT2D eigenvalue weighted by molar-refractivity contribution is 0.0521. The van der Waals surface area contributed by atoms with Gasteiger partial charge in [-0.05, 0) is 33.6 Å². The van der Waals surface area contributed by atoms with Crippen LogP contribution in [0.25, 0.3) is 0 Å². The van der Waals surface area contributed by atoms with Gasteiger partial charge in [0.25, 0.3) is 0 Å². The average Bonchev–Trinajstić information content (AvgIpc) is 2.30. The minimum Gasteiger partial charge on any atom is -0.444 e. The second-order valence-corrected chi connectivity index (χ2v) is 5.93. The molecule has 0 aromatic heterocycles. The number of alkyl carbamates (subject to hydrolysis) is 1. The van der Waals surface area contributed by atoms with E-state index in [0.29, 0.717) is 13.1 Å². The number of nitrogens with one attached hydrogen (secondary N) is 2. The van der Waals surface area contributed by atoms with Gasteiger partial charge in [0.15, 0.2) is 0 Å². The van der Waals surface area contributed by atoms with Gasteiger partial charge in [-0.25, -0.2) is 4.79 Å². The zero-order valence-electron chi connectivity index (χ0n) is 12.7. The van der Waals surface area contributed by atoms with Crippen LogP contribution in [0.5, 0.6) is 0 Å². The maximum atomic E-state index is 11.5. The highest BCUT2D eigenvalue weighted by Gasteiger charge is 2.19. The third-order valence-corrected chi connectivity index (χ3v) is 2.82. The molecule has 1 amide bonds. The van der Waals surface area contributed by atoms with Crippen molar-refractivity contribution in [1.29, 1.82) is 0 Å². The number of aliphatic hydroxyl groups excluding tert-OH is 1. The van der Waals surface area contributed by atoms with Crippen LogP contribution in [-0.4, -0.2) is 48.6 Å². The smallest absolute Gasteiger partial charge is 0.407 e. The summed E-state index contributed by atoms with van der Waals surface area (Å²) in [6.07, 6.45) is -0.449. The Hall–Kier alpha value is -0.850. The first-order chi connectivity index (χ1) is 8.69. The molecule has 6 heteroatoms. The van der Waals surface area contributed by atoms with Crippen LogP contribution in [0, 0.1) is 5.92 Å². The Bertz CT molecular complexity index is 266. The summed E-state index contributed by atoms with van der Waals surface area (Å²) in [4.78, 5) is 11.5. The van der Waals surface area contributed by atoms with E-state index < -0.39 is 11.7 Å². The number of amides is 1. The van der Waals surface area contributed by atoms with E-state index in [2.05, 4.69) is 10.6 Å². The second-order valence-electron chi connectivity index (χ2n) is 5.93. The van der Waals surface area contributed by atoms with E-state index in [4.69, 9.17) is 15.6 Å². The van der Waals surface area contributed by atoms with Crippen LogP contribution in [0.15, 0.2) is 0 Å². The number of carbonyl (C=O) groups is 1. The lowest BCUT2D eigenvalue weighted by Gasteiger charge is -2.26. The predicted octanol–water partition coefficient (Wildman–Crippen LogP) is 0.445. The van der Waals surface area contributed by atoms with E-state index in [-0.39, 0.29) is 24.6 Å². The lowest BCUT2D eigenvalue weighted by Crippen LogP contribution is -2.51. The molecule has 0 aliphatic carbocycles. The fraction of sp³-hybridized carbons (Fsp3) is 0.923. The van der Waals surface area contributed by atoms with Crippen LogP contribution >= 0.6 is 0 Å². The summed E-state index contributed by atoms with van der Waals surface area (Å²) in [6, 6.07) is 0.0792. The third-order valence-electron chi connectivity index (χ3n) is 2.82. The summed E-state index contributed by atoms with van der Waals surface area (Å²) in [5, 5.41) is 15.0. The van der Waals surface area contributed by atoms with Gasteiger partial charge >= 0.3 is 6.09 Å². The molecule has 114 valence electrons. The Labute approximate surface area is 116 Å². The summed E-state index contributed by atoms with van der Waals surface area (Å²) < 4.78 is 5.15. The highest BCUT2D eigenvalue weighted by molar-refractivity contribution is 5.67. The van der Waals surface area contributed by atoms with Gasteiger partial charge in [0.2, 0.25) is 0 Å². The van der Waals surface area contributed by atoms with Crippen molar-refractivity contribution in [2.75, 3.05) is 19.7 Å². The van der Waals surface area contributed by atoms with Crippen LogP contribution in [0.2, 0.25) is 0 Å². The fourth-order valence-electron chi connectivity index (χ4n) is 1.43. The van der Waals surface area contributed by atoms with Crippen LogP contribution in [0.1, 0.15) is 34.6 Å². The molecule has 0 saturated carbocycles. The number of ether oxygens (including phenoxy) is 1. The van der Waals surface area contributed by atoms with Crippen LogP contribution in [-0.2, 0) is 4.74 Å².